The fourth-order valence-electron chi connectivity index (χ4n) is 2.44. The summed E-state index contributed by atoms with van der Waals surface area (Å²) >= 11 is 2.96. The molecule has 0 amide bonds. The van der Waals surface area contributed by atoms with Crippen LogP contribution >= 0.6 is 23.1 Å². The summed E-state index contributed by atoms with van der Waals surface area (Å²) < 4.78 is 4.76. The van der Waals surface area contributed by atoms with Crippen LogP contribution in [-0.4, -0.2) is 25.9 Å². The van der Waals surface area contributed by atoms with Gasteiger partial charge >= 0.3 is 5.97 Å². The van der Waals surface area contributed by atoms with E-state index in [1.807, 2.05) is 6.26 Å². The number of nitrogens with two attached hydrogens (primary N) is 1. The Labute approximate surface area is 122 Å². The number of methoxy groups -OCH3 is 1. The number of hydrogen-bond donors (Lipinski definition) is 2. The van der Waals surface area contributed by atoms with E-state index in [-0.39, 0.29) is 5.97 Å². The van der Waals surface area contributed by atoms with Gasteiger partial charge in [0.1, 0.15) is 9.88 Å². The number of hydrogen-bond acceptors (Lipinski definition) is 6. The molecule has 0 unspecified atom stereocenters. The van der Waals surface area contributed by atoms with Crippen molar-refractivity contribution < 1.29 is 9.53 Å². The molecule has 1 aromatic heterocycles. The third-order valence-electron chi connectivity index (χ3n) is 3.50. The van der Waals surface area contributed by atoms with Gasteiger partial charge in [-0.25, -0.2) is 4.79 Å². The van der Waals surface area contributed by atoms with E-state index in [0.29, 0.717) is 10.6 Å². The van der Waals surface area contributed by atoms with E-state index in [1.54, 1.807) is 11.8 Å². The van der Waals surface area contributed by atoms with Crippen molar-refractivity contribution in [1.29, 1.82) is 0 Å². The van der Waals surface area contributed by atoms with E-state index in [4.69, 9.17) is 10.5 Å². The zero-order valence-corrected chi connectivity index (χ0v) is 13.0. The molecule has 1 aromatic rings. The van der Waals surface area contributed by atoms with Crippen molar-refractivity contribution in [2.24, 2.45) is 5.92 Å². The van der Waals surface area contributed by atoms with Crippen molar-refractivity contribution >= 4 is 39.8 Å². The van der Waals surface area contributed by atoms with Gasteiger partial charge in [-0.3, -0.25) is 0 Å². The molecule has 4 nitrogen and oxygen atoms in total. The number of carbonyl (C=O) groups is 1. The summed E-state index contributed by atoms with van der Waals surface area (Å²) in [4.78, 5) is 13.1. The zero-order chi connectivity index (χ0) is 13.8. The lowest BCUT2D eigenvalue weighted by molar-refractivity contribution is 0.0607. The number of anilines is 2. The lowest BCUT2D eigenvalue weighted by Crippen LogP contribution is -2.10. The van der Waals surface area contributed by atoms with Crippen LogP contribution in [0.3, 0.4) is 0 Å². The van der Waals surface area contributed by atoms with Gasteiger partial charge in [0.2, 0.25) is 0 Å². The molecule has 1 aliphatic carbocycles. The lowest BCUT2D eigenvalue weighted by Gasteiger charge is -2.11. The summed E-state index contributed by atoms with van der Waals surface area (Å²) in [6, 6.07) is 0. The van der Waals surface area contributed by atoms with Gasteiger partial charge in [0.15, 0.2) is 0 Å². The summed E-state index contributed by atoms with van der Waals surface area (Å²) in [6.45, 7) is 0.966. The number of ether oxygens (including phenoxy) is 1. The second-order valence-corrected chi connectivity index (χ2v) is 6.57. The molecule has 6 heteroatoms. The Morgan fingerprint density at radius 2 is 2.21 bits per heavy atom. The molecule has 0 bridgehead atoms. The zero-order valence-electron chi connectivity index (χ0n) is 11.3. The summed E-state index contributed by atoms with van der Waals surface area (Å²) in [5.41, 5.74) is 6.56. The van der Waals surface area contributed by atoms with Crippen molar-refractivity contribution in [2.75, 3.05) is 31.0 Å². The van der Waals surface area contributed by atoms with Crippen LogP contribution in [0.25, 0.3) is 0 Å². The molecule has 1 aliphatic rings. The van der Waals surface area contributed by atoms with E-state index < -0.39 is 0 Å². The first-order valence-electron chi connectivity index (χ1n) is 6.45. The maximum absolute atomic E-state index is 11.6. The third-order valence-corrected chi connectivity index (χ3v) is 5.61. The monoisotopic (exact) mass is 300 g/mol. The van der Waals surface area contributed by atoms with Crippen molar-refractivity contribution in [3.8, 4) is 0 Å². The molecule has 3 N–H and O–H groups in total. The van der Waals surface area contributed by atoms with Gasteiger partial charge < -0.3 is 15.8 Å². The maximum Gasteiger partial charge on any atom is 0.350 e. The molecule has 1 saturated carbocycles. The Kier molecular flexibility index (Phi) is 4.99. The van der Waals surface area contributed by atoms with Crippen LogP contribution in [0.2, 0.25) is 0 Å². The van der Waals surface area contributed by atoms with Gasteiger partial charge in [-0.05, 0) is 25.0 Å². The molecular weight excluding hydrogens is 280 g/mol. The average molecular weight is 300 g/mol. The predicted molar refractivity (Wildman–Crippen MR) is 82.3 cm³/mol. The van der Waals surface area contributed by atoms with E-state index in [1.165, 1.54) is 44.1 Å². The molecule has 0 radical (unpaired) electrons. The van der Waals surface area contributed by atoms with Crippen LogP contribution < -0.4 is 11.1 Å². The van der Waals surface area contributed by atoms with Crippen LogP contribution in [0.4, 0.5) is 10.7 Å². The number of nitrogen functional groups attached to an aromatic ring is 1. The quantitative estimate of drug-likeness (QED) is 0.644. The van der Waals surface area contributed by atoms with Crippen LogP contribution in [-0.2, 0) is 4.74 Å². The summed E-state index contributed by atoms with van der Waals surface area (Å²) in [5, 5.41) is 4.45. The number of nitrogens with one attached hydrogen (secondary N) is 1. The van der Waals surface area contributed by atoms with Crippen LogP contribution in [0.1, 0.15) is 35.4 Å². The third kappa shape index (κ3) is 3.17. The highest BCUT2D eigenvalue weighted by Gasteiger charge is 2.22. The average Bonchev–Trinajstić information content (AvgIpc) is 3.03. The Balaban J connectivity index is 2.12. The highest BCUT2D eigenvalue weighted by molar-refractivity contribution is 7.99. The molecule has 0 aliphatic heterocycles. The van der Waals surface area contributed by atoms with Crippen molar-refractivity contribution in [1.82, 2.24) is 0 Å². The number of thiophene rings is 1. The molecule has 1 fully saturated rings. The summed E-state index contributed by atoms with van der Waals surface area (Å²) in [6.07, 6.45) is 7.24. The van der Waals surface area contributed by atoms with Gasteiger partial charge in [0.25, 0.3) is 0 Å². The first kappa shape index (κ1) is 14.5. The SMILES string of the molecule is COC(=O)c1sc(NCC2CCCC2)c(SC)c1N. The summed E-state index contributed by atoms with van der Waals surface area (Å²) in [5.74, 6) is 0.395. The van der Waals surface area contributed by atoms with Gasteiger partial charge in [-0.2, -0.15) is 0 Å². The number of esters is 1. The molecule has 0 atom stereocenters. The van der Waals surface area contributed by atoms with Crippen molar-refractivity contribution in [2.45, 2.75) is 30.6 Å². The minimum absolute atomic E-state index is 0.355. The minimum Gasteiger partial charge on any atom is -0.465 e. The van der Waals surface area contributed by atoms with Gasteiger partial charge in [0, 0.05) is 6.54 Å². The van der Waals surface area contributed by atoms with Crippen LogP contribution in [0, 0.1) is 5.92 Å². The minimum atomic E-state index is -0.355. The van der Waals surface area contributed by atoms with Crippen molar-refractivity contribution in [3.05, 3.63) is 4.88 Å². The molecule has 2 rings (SSSR count). The molecule has 106 valence electrons. The van der Waals surface area contributed by atoms with Crippen molar-refractivity contribution in [3.63, 3.8) is 0 Å². The van der Waals surface area contributed by atoms with Crippen LogP contribution in [0.5, 0.6) is 0 Å². The molecule has 0 aromatic carbocycles. The topological polar surface area (TPSA) is 64.3 Å². The fourth-order valence-corrected chi connectivity index (χ4v) is 4.40. The predicted octanol–water partition coefficient (Wildman–Crippen LogP) is 3.44. The van der Waals surface area contributed by atoms with Gasteiger partial charge in [-0.15, -0.1) is 23.1 Å². The maximum atomic E-state index is 11.6. The first-order valence-corrected chi connectivity index (χ1v) is 8.50. The normalized spacial score (nSPS) is 15.7. The first-order chi connectivity index (χ1) is 9.17. The van der Waals surface area contributed by atoms with Crippen LogP contribution in [0.15, 0.2) is 4.90 Å². The Hall–Kier alpha value is -0.880. The molecule has 19 heavy (non-hydrogen) atoms. The van der Waals surface area contributed by atoms with E-state index in [9.17, 15) is 4.79 Å². The Morgan fingerprint density at radius 3 is 2.79 bits per heavy atom. The number of carbonyl (C=O) groups excluding carboxylic acids is 1. The highest BCUT2D eigenvalue weighted by atomic mass is 32.2. The van der Waals surface area contributed by atoms with Gasteiger partial charge in [-0.1, -0.05) is 12.8 Å². The molecule has 1 heterocycles. The molecular formula is C13H20N2O2S2. The van der Waals surface area contributed by atoms with E-state index in [0.717, 1.165) is 22.4 Å². The largest absolute Gasteiger partial charge is 0.465 e. The molecule has 0 saturated heterocycles. The second kappa shape index (κ2) is 6.52. The Morgan fingerprint density at radius 1 is 1.53 bits per heavy atom. The van der Waals surface area contributed by atoms with E-state index >= 15 is 0 Å². The van der Waals surface area contributed by atoms with Gasteiger partial charge in [0.05, 0.1) is 17.7 Å². The smallest absolute Gasteiger partial charge is 0.350 e. The molecule has 0 spiro atoms. The fraction of sp³-hybridized carbons (Fsp3) is 0.615. The Bertz CT molecular complexity index is 454. The number of rotatable bonds is 5. The summed E-state index contributed by atoms with van der Waals surface area (Å²) in [7, 11) is 1.38. The lowest BCUT2D eigenvalue weighted by atomic mass is 10.1. The standard InChI is InChI=1S/C13H20N2O2S2/c1-17-13(16)11-9(14)10(18-2)12(19-11)15-7-8-5-3-4-6-8/h8,15H,3-7,14H2,1-2H3. The highest BCUT2D eigenvalue weighted by Crippen LogP contribution is 2.42. The van der Waals surface area contributed by atoms with E-state index in [2.05, 4.69) is 5.32 Å². The number of thioether (sulfide) groups is 1. The second-order valence-electron chi connectivity index (χ2n) is 4.73.